The number of hydrogen-bond acceptors (Lipinski definition) is 3. The van der Waals surface area contributed by atoms with Crippen molar-refractivity contribution in [3.8, 4) is 0 Å². The molecule has 2 atom stereocenters. The van der Waals surface area contributed by atoms with Gasteiger partial charge in [-0.2, -0.15) is 0 Å². The largest absolute Gasteiger partial charge is 0.337 e. The third-order valence-corrected chi connectivity index (χ3v) is 5.76. The molecule has 1 aliphatic heterocycles. The van der Waals surface area contributed by atoms with E-state index in [0.29, 0.717) is 24.4 Å². The summed E-state index contributed by atoms with van der Waals surface area (Å²) in [5, 5.41) is 7.01. The standard InChI is InChI=1S/C18H24N2OS.ClH/c1-13-14(2)20(11-10-19-13)18(21)9-5-6-15-12-22-17-8-4-3-7-16(15)17;/h3-4,7-8,12-14,19H,5-6,9-11H2,1-2H3;1H. The maximum Gasteiger partial charge on any atom is 0.222 e. The Hall–Kier alpha value is -1.10. The van der Waals surface area contributed by atoms with Crippen molar-refractivity contribution in [2.45, 2.75) is 45.2 Å². The first-order valence-corrected chi connectivity index (χ1v) is 9.03. The first kappa shape index (κ1) is 18.2. The van der Waals surface area contributed by atoms with Gasteiger partial charge in [0.1, 0.15) is 0 Å². The molecule has 1 aromatic heterocycles. The van der Waals surface area contributed by atoms with E-state index in [2.05, 4.69) is 48.8 Å². The van der Waals surface area contributed by atoms with Gasteiger partial charge in [-0.15, -0.1) is 23.7 Å². The zero-order chi connectivity index (χ0) is 15.5. The SMILES string of the molecule is CC1NCCN(C(=O)CCCc2csc3ccccc23)C1C.Cl. The van der Waals surface area contributed by atoms with E-state index in [9.17, 15) is 4.79 Å². The Morgan fingerprint density at radius 2 is 2.13 bits per heavy atom. The van der Waals surface area contributed by atoms with Gasteiger partial charge in [-0.1, -0.05) is 18.2 Å². The van der Waals surface area contributed by atoms with E-state index in [1.54, 1.807) is 11.3 Å². The van der Waals surface area contributed by atoms with Gasteiger partial charge in [0.15, 0.2) is 0 Å². The highest BCUT2D eigenvalue weighted by molar-refractivity contribution is 7.17. The van der Waals surface area contributed by atoms with Crippen LogP contribution < -0.4 is 5.32 Å². The first-order valence-electron chi connectivity index (χ1n) is 8.15. The molecule has 1 saturated heterocycles. The van der Waals surface area contributed by atoms with E-state index < -0.39 is 0 Å². The number of carbonyl (C=O) groups excluding carboxylic acids is 1. The van der Waals surface area contributed by atoms with E-state index >= 15 is 0 Å². The van der Waals surface area contributed by atoms with Crippen LogP contribution in [0.1, 0.15) is 32.3 Å². The number of hydrogen-bond donors (Lipinski definition) is 1. The van der Waals surface area contributed by atoms with E-state index in [-0.39, 0.29) is 12.4 Å². The lowest BCUT2D eigenvalue weighted by Crippen LogP contribution is -2.57. The Bertz CT molecular complexity index is 657. The van der Waals surface area contributed by atoms with Crippen molar-refractivity contribution in [2.24, 2.45) is 0 Å². The molecule has 0 radical (unpaired) electrons. The minimum Gasteiger partial charge on any atom is -0.337 e. The number of aryl methyl sites for hydroxylation is 1. The average molecular weight is 353 g/mol. The zero-order valence-corrected chi connectivity index (χ0v) is 15.4. The Labute approximate surface area is 148 Å². The topological polar surface area (TPSA) is 32.3 Å². The van der Waals surface area contributed by atoms with Crippen LogP contribution in [0.4, 0.5) is 0 Å². The van der Waals surface area contributed by atoms with Crippen LogP contribution in [0, 0.1) is 0 Å². The van der Waals surface area contributed by atoms with Gasteiger partial charge in [0.05, 0.1) is 0 Å². The number of carbonyl (C=O) groups is 1. The normalized spacial score (nSPS) is 21.2. The third kappa shape index (κ3) is 4.06. The molecule has 3 nitrogen and oxygen atoms in total. The molecule has 2 aromatic rings. The van der Waals surface area contributed by atoms with Gasteiger partial charge in [-0.3, -0.25) is 4.79 Å². The molecule has 23 heavy (non-hydrogen) atoms. The number of nitrogens with zero attached hydrogens (tertiary/aromatic N) is 1. The summed E-state index contributed by atoms with van der Waals surface area (Å²) in [5.74, 6) is 0.306. The number of fused-ring (bicyclic) bond motifs is 1. The lowest BCUT2D eigenvalue weighted by Gasteiger charge is -2.38. The summed E-state index contributed by atoms with van der Waals surface area (Å²) in [6.45, 7) is 6.04. The van der Waals surface area contributed by atoms with Crippen molar-refractivity contribution in [3.63, 3.8) is 0 Å². The Morgan fingerprint density at radius 3 is 2.96 bits per heavy atom. The molecule has 1 fully saturated rings. The number of halogens is 1. The van der Waals surface area contributed by atoms with Gasteiger partial charge >= 0.3 is 0 Å². The molecular formula is C18H25ClN2OS. The monoisotopic (exact) mass is 352 g/mol. The summed E-state index contributed by atoms with van der Waals surface area (Å²) >= 11 is 1.80. The average Bonchev–Trinajstić information content (AvgIpc) is 2.93. The molecule has 126 valence electrons. The van der Waals surface area contributed by atoms with Crippen molar-refractivity contribution in [1.82, 2.24) is 10.2 Å². The van der Waals surface area contributed by atoms with Gasteiger partial charge in [-0.25, -0.2) is 0 Å². The lowest BCUT2D eigenvalue weighted by molar-refractivity contribution is -0.134. The number of amides is 1. The molecule has 1 N–H and O–H groups in total. The molecule has 3 rings (SSSR count). The predicted octanol–water partition coefficient (Wildman–Crippen LogP) is 3.85. The third-order valence-electron chi connectivity index (χ3n) is 4.75. The fraction of sp³-hybridized carbons (Fsp3) is 0.500. The van der Waals surface area contributed by atoms with Crippen molar-refractivity contribution in [2.75, 3.05) is 13.1 Å². The highest BCUT2D eigenvalue weighted by Gasteiger charge is 2.27. The minimum absolute atomic E-state index is 0. The van der Waals surface area contributed by atoms with Crippen molar-refractivity contribution in [1.29, 1.82) is 0 Å². The molecule has 0 saturated carbocycles. The summed E-state index contributed by atoms with van der Waals surface area (Å²) in [4.78, 5) is 14.5. The smallest absolute Gasteiger partial charge is 0.222 e. The maximum absolute atomic E-state index is 12.4. The van der Waals surface area contributed by atoms with Crippen molar-refractivity contribution < 1.29 is 4.79 Å². The van der Waals surface area contributed by atoms with Gasteiger partial charge in [0, 0.05) is 36.3 Å². The zero-order valence-electron chi connectivity index (χ0n) is 13.7. The Morgan fingerprint density at radius 1 is 1.35 bits per heavy atom. The molecule has 2 unspecified atom stereocenters. The van der Waals surface area contributed by atoms with Crippen LogP contribution in [0.5, 0.6) is 0 Å². The second-order valence-corrected chi connectivity index (χ2v) is 7.09. The van der Waals surface area contributed by atoms with E-state index in [1.807, 2.05) is 4.90 Å². The van der Waals surface area contributed by atoms with Gasteiger partial charge < -0.3 is 10.2 Å². The molecule has 0 aliphatic carbocycles. The summed E-state index contributed by atoms with van der Waals surface area (Å²) in [6.07, 6.45) is 2.58. The highest BCUT2D eigenvalue weighted by atomic mass is 35.5. The molecule has 1 amide bonds. The second-order valence-electron chi connectivity index (χ2n) is 6.18. The molecular weight excluding hydrogens is 328 g/mol. The van der Waals surface area contributed by atoms with E-state index in [4.69, 9.17) is 0 Å². The van der Waals surface area contributed by atoms with E-state index in [1.165, 1.54) is 15.6 Å². The minimum atomic E-state index is 0. The van der Waals surface area contributed by atoms with Crippen LogP contribution >= 0.6 is 23.7 Å². The Kier molecular flexibility index (Phi) is 6.45. The molecule has 0 spiro atoms. The predicted molar refractivity (Wildman–Crippen MR) is 101 cm³/mol. The van der Waals surface area contributed by atoms with Crippen LogP contribution in [-0.4, -0.2) is 36.0 Å². The molecule has 2 heterocycles. The molecule has 0 bridgehead atoms. The Balaban J connectivity index is 0.00000192. The van der Waals surface area contributed by atoms with Crippen molar-refractivity contribution >= 4 is 39.7 Å². The summed E-state index contributed by atoms with van der Waals surface area (Å²) in [7, 11) is 0. The van der Waals surface area contributed by atoms with Crippen LogP contribution in [0.3, 0.4) is 0 Å². The molecule has 1 aliphatic rings. The summed E-state index contributed by atoms with van der Waals surface area (Å²) < 4.78 is 1.34. The van der Waals surface area contributed by atoms with Gasteiger partial charge in [0.2, 0.25) is 5.91 Å². The lowest BCUT2D eigenvalue weighted by atomic mass is 10.0. The summed E-state index contributed by atoms with van der Waals surface area (Å²) in [6, 6.07) is 9.20. The van der Waals surface area contributed by atoms with Crippen LogP contribution in [0.25, 0.3) is 10.1 Å². The van der Waals surface area contributed by atoms with Crippen molar-refractivity contribution in [3.05, 3.63) is 35.2 Å². The number of nitrogens with one attached hydrogen (secondary N) is 1. The fourth-order valence-corrected chi connectivity index (χ4v) is 4.21. The summed E-state index contributed by atoms with van der Waals surface area (Å²) in [5.41, 5.74) is 1.38. The van der Waals surface area contributed by atoms with E-state index in [0.717, 1.165) is 25.9 Å². The van der Waals surface area contributed by atoms with Crippen LogP contribution in [0.15, 0.2) is 29.6 Å². The van der Waals surface area contributed by atoms with Crippen LogP contribution in [0.2, 0.25) is 0 Å². The van der Waals surface area contributed by atoms with Gasteiger partial charge in [0.25, 0.3) is 0 Å². The molecule has 1 aromatic carbocycles. The number of thiophene rings is 1. The first-order chi connectivity index (χ1) is 10.7. The maximum atomic E-state index is 12.4. The number of benzene rings is 1. The van der Waals surface area contributed by atoms with Crippen LogP contribution in [-0.2, 0) is 11.2 Å². The fourth-order valence-electron chi connectivity index (χ4n) is 3.21. The quantitative estimate of drug-likeness (QED) is 0.906. The number of piperazine rings is 1. The van der Waals surface area contributed by atoms with Gasteiger partial charge in [-0.05, 0) is 49.1 Å². The second kappa shape index (κ2) is 8.13. The highest BCUT2D eigenvalue weighted by Crippen LogP contribution is 2.27. The molecule has 5 heteroatoms. The number of rotatable bonds is 4.